The lowest BCUT2D eigenvalue weighted by Crippen LogP contribution is -2.34. The first-order chi connectivity index (χ1) is 5.88. The van der Waals surface area contributed by atoms with E-state index in [4.69, 9.17) is 9.47 Å². The minimum absolute atomic E-state index is 0.365. The van der Waals surface area contributed by atoms with Crippen LogP contribution in [0.15, 0.2) is 0 Å². The molecule has 0 radical (unpaired) electrons. The molecule has 0 bridgehead atoms. The molecule has 0 amide bonds. The molecule has 0 aliphatic heterocycles. The Morgan fingerprint density at radius 3 is 1.67 bits per heavy atom. The van der Waals surface area contributed by atoms with Gasteiger partial charge in [-0.1, -0.05) is 12.8 Å². The van der Waals surface area contributed by atoms with Crippen molar-refractivity contribution in [2.24, 2.45) is 0 Å². The van der Waals surface area contributed by atoms with Gasteiger partial charge in [0.25, 0.3) is 0 Å². The summed E-state index contributed by atoms with van der Waals surface area (Å²) in [6.45, 7) is 5.73. The smallest absolute Gasteiger partial charge is 0.0836 e. The van der Waals surface area contributed by atoms with E-state index in [9.17, 15) is 0 Å². The lowest BCUT2D eigenvalue weighted by Gasteiger charge is -2.30. The van der Waals surface area contributed by atoms with Crippen LogP contribution in [0.3, 0.4) is 0 Å². The Hall–Kier alpha value is -0.0800. The van der Waals surface area contributed by atoms with Gasteiger partial charge in [-0.2, -0.15) is 0 Å². The van der Waals surface area contributed by atoms with Crippen molar-refractivity contribution < 1.29 is 9.47 Å². The molecule has 2 nitrogen and oxygen atoms in total. The van der Waals surface area contributed by atoms with Gasteiger partial charge in [-0.25, -0.2) is 0 Å². The Bertz CT molecular complexity index is 96.4. The first-order valence-electron chi connectivity index (χ1n) is 5.11. The predicted molar refractivity (Wildman–Crippen MR) is 49.3 cm³/mol. The molecular weight excluding hydrogens is 152 g/mol. The largest absolute Gasteiger partial charge is 0.376 e. The molecule has 0 aromatic heterocycles. The zero-order chi connectivity index (χ0) is 8.81. The fraction of sp³-hybridized carbons (Fsp3) is 1.00. The second kappa shape index (κ2) is 5.55. The van der Waals surface area contributed by atoms with Gasteiger partial charge in [-0.3, -0.25) is 0 Å². The van der Waals surface area contributed by atoms with E-state index in [1.165, 1.54) is 25.7 Å². The summed E-state index contributed by atoms with van der Waals surface area (Å²) in [7, 11) is 0. The summed E-state index contributed by atoms with van der Waals surface area (Å²) in [4.78, 5) is 0. The maximum atomic E-state index is 5.62. The van der Waals surface area contributed by atoms with Crippen molar-refractivity contribution in [2.75, 3.05) is 13.2 Å². The first kappa shape index (κ1) is 10.0. The van der Waals surface area contributed by atoms with Crippen LogP contribution in [0, 0.1) is 0 Å². The summed E-state index contributed by atoms with van der Waals surface area (Å²) >= 11 is 0. The average molecular weight is 172 g/mol. The number of hydrogen-bond acceptors (Lipinski definition) is 2. The molecule has 0 aromatic rings. The number of hydrogen-bond donors (Lipinski definition) is 0. The van der Waals surface area contributed by atoms with Crippen LogP contribution in [0.1, 0.15) is 39.5 Å². The highest BCUT2D eigenvalue weighted by Gasteiger charge is 2.25. The lowest BCUT2D eigenvalue weighted by atomic mass is 9.94. The quantitative estimate of drug-likeness (QED) is 0.648. The second-order valence-corrected chi connectivity index (χ2v) is 3.27. The van der Waals surface area contributed by atoms with E-state index in [1.54, 1.807) is 0 Å². The molecular formula is C10H20O2. The molecule has 12 heavy (non-hydrogen) atoms. The van der Waals surface area contributed by atoms with Crippen LogP contribution >= 0.6 is 0 Å². The SMILES string of the molecule is CCOC1CCCCC1OCC. The molecule has 1 fully saturated rings. The Morgan fingerprint density at radius 2 is 1.33 bits per heavy atom. The number of ether oxygens (including phenoxy) is 2. The standard InChI is InChI=1S/C10H20O2/c1-3-11-9-7-5-6-8-10(9)12-4-2/h9-10H,3-8H2,1-2H3. The summed E-state index contributed by atoms with van der Waals surface area (Å²) in [5.74, 6) is 0. The highest BCUT2D eigenvalue weighted by molar-refractivity contribution is 4.76. The van der Waals surface area contributed by atoms with Crippen LogP contribution in [0.25, 0.3) is 0 Å². The van der Waals surface area contributed by atoms with Crippen molar-refractivity contribution in [1.29, 1.82) is 0 Å². The summed E-state index contributed by atoms with van der Waals surface area (Å²) in [5.41, 5.74) is 0. The van der Waals surface area contributed by atoms with Gasteiger partial charge in [0, 0.05) is 13.2 Å². The molecule has 0 saturated heterocycles. The van der Waals surface area contributed by atoms with Crippen molar-refractivity contribution in [3.63, 3.8) is 0 Å². The molecule has 0 aromatic carbocycles. The van der Waals surface area contributed by atoms with Crippen molar-refractivity contribution in [2.45, 2.75) is 51.7 Å². The van der Waals surface area contributed by atoms with Crippen molar-refractivity contribution in [1.82, 2.24) is 0 Å². The molecule has 1 aliphatic carbocycles. The zero-order valence-corrected chi connectivity index (χ0v) is 8.21. The summed E-state index contributed by atoms with van der Waals surface area (Å²) in [6, 6.07) is 0. The van der Waals surface area contributed by atoms with Crippen LogP contribution in [0.2, 0.25) is 0 Å². The van der Waals surface area contributed by atoms with Crippen molar-refractivity contribution in [3.8, 4) is 0 Å². The summed E-state index contributed by atoms with van der Waals surface area (Å²) < 4.78 is 11.2. The maximum Gasteiger partial charge on any atom is 0.0836 e. The van der Waals surface area contributed by atoms with Gasteiger partial charge in [0.15, 0.2) is 0 Å². The van der Waals surface area contributed by atoms with Gasteiger partial charge in [0.05, 0.1) is 12.2 Å². The highest BCUT2D eigenvalue weighted by atomic mass is 16.5. The van der Waals surface area contributed by atoms with Crippen LogP contribution in [-0.2, 0) is 9.47 Å². The third-order valence-electron chi connectivity index (χ3n) is 2.40. The van der Waals surface area contributed by atoms with Crippen molar-refractivity contribution in [3.05, 3.63) is 0 Å². The van der Waals surface area contributed by atoms with Crippen LogP contribution in [0.5, 0.6) is 0 Å². The molecule has 0 heterocycles. The molecule has 2 atom stereocenters. The lowest BCUT2D eigenvalue weighted by molar-refractivity contribution is -0.0860. The average Bonchev–Trinajstić information content (AvgIpc) is 2.09. The van der Waals surface area contributed by atoms with Gasteiger partial charge in [0.1, 0.15) is 0 Å². The normalized spacial score (nSPS) is 30.5. The fourth-order valence-corrected chi connectivity index (χ4v) is 1.87. The monoisotopic (exact) mass is 172 g/mol. The minimum atomic E-state index is 0.365. The van der Waals surface area contributed by atoms with Crippen molar-refractivity contribution >= 4 is 0 Å². The molecule has 72 valence electrons. The van der Waals surface area contributed by atoms with E-state index in [2.05, 4.69) is 13.8 Å². The van der Waals surface area contributed by atoms with E-state index in [-0.39, 0.29) is 0 Å². The Kier molecular flexibility index (Phi) is 4.62. The minimum Gasteiger partial charge on any atom is -0.376 e. The molecule has 1 rings (SSSR count). The third kappa shape index (κ3) is 2.76. The molecule has 0 N–H and O–H groups in total. The second-order valence-electron chi connectivity index (χ2n) is 3.27. The Labute approximate surface area is 75.2 Å². The van der Waals surface area contributed by atoms with E-state index >= 15 is 0 Å². The fourth-order valence-electron chi connectivity index (χ4n) is 1.87. The highest BCUT2D eigenvalue weighted by Crippen LogP contribution is 2.23. The third-order valence-corrected chi connectivity index (χ3v) is 2.40. The summed E-state index contributed by atoms with van der Waals surface area (Å²) in [6.07, 6.45) is 5.69. The van der Waals surface area contributed by atoms with E-state index in [0.29, 0.717) is 12.2 Å². The molecule has 2 heteroatoms. The van der Waals surface area contributed by atoms with Gasteiger partial charge >= 0.3 is 0 Å². The zero-order valence-electron chi connectivity index (χ0n) is 8.21. The predicted octanol–water partition coefficient (Wildman–Crippen LogP) is 2.37. The molecule has 1 aliphatic rings. The van der Waals surface area contributed by atoms with E-state index in [1.807, 2.05) is 0 Å². The van der Waals surface area contributed by atoms with Gasteiger partial charge in [-0.05, 0) is 26.7 Å². The first-order valence-corrected chi connectivity index (χ1v) is 5.11. The molecule has 2 unspecified atom stereocenters. The number of rotatable bonds is 4. The van der Waals surface area contributed by atoms with Crippen LogP contribution in [-0.4, -0.2) is 25.4 Å². The van der Waals surface area contributed by atoms with Crippen LogP contribution < -0.4 is 0 Å². The molecule has 1 saturated carbocycles. The maximum absolute atomic E-state index is 5.62. The van der Waals surface area contributed by atoms with E-state index < -0.39 is 0 Å². The topological polar surface area (TPSA) is 18.5 Å². The van der Waals surface area contributed by atoms with E-state index in [0.717, 1.165) is 13.2 Å². The van der Waals surface area contributed by atoms with Gasteiger partial charge < -0.3 is 9.47 Å². The van der Waals surface area contributed by atoms with Gasteiger partial charge in [0.2, 0.25) is 0 Å². The van der Waals surface area contributed by atoms with Crippen LogP contribution in [0.4, 0.5) is 0 Å². The summed E-state index contributed by atoms with van der Waals surface area (Å²) in [5, 5.41) is 0. The molecule has 0 spiro atoms. The Morgan fingerprint density at radius 1 is 0.917 bits per heavy atom. The van der Waals surface area contributed by atoms with Gasteiger partial charge in [-0.15, -0.1) is 0 Å². The Balaban J connectivity index is 2.31.